The Hall–Kier alpha value is -1.46. The molecule has 5 heteroatoms. The van der Waals surface area contributed by atoms with Crippen LogP contribution in [0.3, 0.4) is 0 Å². The van der Waals surface area contributed by atoms with Gasteiger partial charge < -0.3 is 25.0 Å². The highest BCUT2D eigenvalue weighted by Gasteiger charge is 2.09. The number of phenolic OH excluding ortho intramolecular Hbond substituents is 1. The summed E-state index contributed by atoms with van der Waals surface area (Å²) in [6.45, 7) is 1.01. The Bertz CT molecular complexity index is 341. The zero-order chi connectivity index (χ0) is 12.0. The van der Waals surface area contributed by atoms with Crippen molar-refractivity contribution in [2.24, 2.45) is 0 Å². The molecule has 1 aromatic rings. The fraction of sp³-hybridized carbons (Fsp3) is 0.455. The molecule has 0 saturated heterocycles. The largest absolute Gasteiger partial charge is 0.507 e. The van der Waals surface area contributed by atoms with Crippen LogP contribution in [-0.4, -0.2) is 37.6 Å². The molecule has 1 rings (SSSR count). The zero-order valence-corrected chi connectivity index (χ0v) is 9.49. The van der Waals surface area contributed by atoms with E-state index in [1.807, 2.05) is 0 Å². The summed E-state index contributed by atoms with van der Waals surface area (Å²) in [7, 11) is 3.06. The molecule has 0 aliphatic carbocycles. The molecule has 0 heterocycles. The second-order valence-electron chi connectivity index (χ2n) is 3.24. The van der Waals surface area contributed by atoms with Gasteiger partial charge in [0.1, 0.15) is 5.75 Å². The number of aromatic hydroxyl groups is 1. The van der Waals surface area contributed by atoms with Crippen molar-refractivity contribution in [2.75, 3.05) is 27.4 Å². The van der Waals surface area contributed by atoms with E-state index < -0.39 is 0 Å². The highest BCUT2D eigenvalue weighted by molar-refractivity contribution is 5.50. The van der Waals surface area contributed by atoms with Crippen LogP contribution in [0, 0.1) is 0 Å². The molecule has 5 nitrogen and oxygen atoms in total. The third-order valence-electron chi connectivity index (χ3n) is 2.19. The van der Waals surface area contributed by atoms with Crippen LogP contribution in [-0.2, 0) is 6.54 Å². The molecule has 0 aromatic heterocycles. The van der Waals surface area contributed by atoms with Crippen molar-refractivity contribution in [3.63, 3.8) is 0 Å². The molecular weight excluding hydrogens is 210 g/mol. The summed E-state index contributed by atoms with van der Waals surface area (Å²) in [5.41, 5.74) is 0.700. The first-order valence-corrected chi connectivity index (χ1v) is 4.98. The van der Waals surface area contributed by atoms with Gasteiger partial charge in [0, 0.05) is 24.7 Å². The van der Waals surface area contributed by atoms with Crippen LogP contribution >= 0.6 is 0 Å². The van der Waals surface area contributed by atoms with Gasteiger partial charge in [0.25, 0.3) is 0 Å². The number of aliphatic hydroxyl groups excluding tert-OH is 1. The number of aliphatic hydroxyl groups is 1. The Labute approximate surface area is 94.6 Å². The first-order chi connectivity index (χ1) is 7.72. The molecule has 0 radical (unpaired) electrons. The fourth-order valence-corrected chi connectivity index (χ4v) is 1.35. The van der Waals surface area contributed by atoms with E-state index in [0.717, 1.165) is 0 Å². The van der Waals surface area contributed by atoms with Gasteiger partial charge in [-0.3, -0.25) is 0 Å². The number of rotatable bonds is 6. The van der Waals surface area contributed by atoms with Crippen molar-refractivity contribution in [1.29, 1.82) is 0 Å². The summed E-state index contributed by atoms with van der Waals surface area (Å²) in [6, 6.07) is 3.22. The number of methoxy groups -OCH3 is 2. The first kappa shape index (κ1) is 12.6. The molecule has 0 fully saturated rings. The monoisotopic (exact) mass is 227 g/mol. The minimum atomic E-state index is 0.0635. The third kappa shape index (κ3) is 3.01. The lowest BCUT2D eigenvalue weighted by Crippen LogP contribution is -2.17. The smallest absolute Gasteiger partial charge is 0.164 e. The minimum absolute atomic E-state index is 0.0635. The zero-order valence-electron chi connectivity index (χ0n) is 9.49. The van der Waals surface area contributed by atoms with E-state index in [-0.39, 0.29) is 12.4 Å². The van der Waals surface area contributed by atoms with Crippen LogP contribution in [0.4, 0.5) is 0 Å². The summed E-state index contributed by atoms with van der Waals surface area (Å²) in [4.78, 5) is 0. The van der Waals surface area contributed by atoms with Crippen molar-refractivity contribution < 1.29 is 19.7 Å². The Morgan fingerprint density at radius 1 is 1.19 bits per heavy atom. The van der Waals surface area contributed by atoms with Crippen molar-refractivity contribution >= 4 is 0 Å². The summed E-state index contributed by atoms with van der Waals surface area (Å²) >= 11 is 0. The van der Waals surface area contributed by atoms with E-state index in [9.17, 15) is 5.11 Å². The van der Waals surface area contributed by atoms with Crippen LogP contribution in [0.25, 0.3) is 0 Å². The number of hydrogen-bond donors (Lipinski definition) is 3. The van der Waals surface area contributed by atoms with Gasteiger partial charge in [0.2, 0.25) is 0 Å². The third-order valence-corrected chi connectivity index (χ3v) is 2.19. The Balaban J connectivity index is 2.84. The van der Waals surface area contributed by atoms with Gasteiger partial charge in [-0.1, -0.05) is 0 Å². The van der Waals surface area contributed by atoms with E-state index in [1.165, 1.54) is 13.2 Å². The average molecular weight is 227 g/mol. The van der Waals surface area contributed by atoms with Crippen molar-refractivity contribution in [3.05, 3.63) is 17.7 Å². The minimum Gasteiger partial charge on any atom is -0.507 e. The van der Waals surface area contributed by atoms with E-state index >= 15 is 0 Å². The standard InChI is InChI=1S/C11H17NO4/c1-15-10-5-8(7-12-3-4-13)9(14)6-11(10)16-2/h5-6,12-14H,3-4,7H2,1-2H3. The maximum Gasteiger partial charge on any atom is 0.164 e. The topological polar surface area (TPSA) is 71.0 Å². The molecule has 0 unspecified atom stereocenters. The number of ether oxygens (including phenoxy) is 2. The maximum atomic E-state index is 9.70. The Morgan fingerprint density at radius 3 is 2.38 bits per heavy atom. The predicted octanol–water partition coefficient (Wildman–Crippen LogP) is 0.491. The molecule has 0 saturated carbocycles. The fourth-order valence-electron chi connectivity index (χ4n) is 1.35. The second kappa shape index (κ2) is 6.19. The molecule has 0 amide bonds. The van der Waals surface area contributed by atoms with E-state index in [2.05, 4.69) is 5.32 Å². The van der Waals surface area contributed by atoms with Gasteiger partial charge in [-0.15, -0.1) is 0 Å². The van der Waals surface area contributed by atoms with Gasteiger partial charge in [-0.2, -0.15) is 0 Å². The summed E-state index contributed by atoms with van der Waals surface area (Å²) in [5.74, 6) is 1.20. The normalized spacial score (nSPS) is 10.2. The molecule has 0 bridgehead atoms. The van der Waals surface area contributed by atoms with E-state index in [4.69, 9.17) is 14.6 Å². The van der Waals surface area contributed by atoms with Crippen molar-refractivity contribution in [2.45, 2.75) is 6.54 Å². The summed E-state index contributed by atoms with van der Waals surface area (Å²) in [5, 5.41) is 21.3. The van der Waals surface area contributed by atoms with Gasteiger partial charge in [0.05, 0.1) is 20.8 Å². The summed E-state index contributed by atoms with van der Waals surface area (Å²) < 4.78 is 10.2. The molecule has 3 N–H and O–H groups in total. The van der Waals surface area contributed by atoms with Gasteiger partial charge in [-0.25, -0.2) is 0 Å². The maximum absolute atomic E-state index is 9.70. The SMILES string of the molecule is COc1cc(O)c(CNCCO)cc1OC. The average Bonchev–Trinajstić information content (AvgIpc) is 2.31. The second-order valence-corrected chi connectivity index (χ2v) is 3.24. The molecule has 0 aliphatic heterocycles. The number of hydrogen-bond acceptors (Lipinski definition) is 5. The quantitative estimate of drug-likeness (QED) is 0.617. The molecule has 0 aliphatic rings. The van der Waals surface area contributed by atoms with E-state index in [1.54, 1.807) is 13.2 Å². The molecule has 16 heavy (non-hydrogen) atoms. The van der Waals surface area contributed by atoms with Gasteiger partial charge >= 0.3 is 0 Å². The molecule has 90 valence electrons. The van der Waals surface area contributed by atoms with Crippen LogP contribution in [0.1, 0.15) is 5.56 Å². The van der Waals surface area contributed by atoms with Gasteiger partial charge in [0.15, 0.2) is 11.5 Å². The predicted molar refractivity (Wildman–Crippen MR) is 60.0 cm³/mol. The van der Waals surface area contributed by atoms with Crippen molar-refractivity contribution in [3.8, 4) is 17.2 Å². The number of nitrogens with one attached hydrogen (secondary N) is 1. The van der Waals surface area contributed by atoms with Gasteiger partial charge in [-0.05, 0) is 6.07 Å². The summed E-state index contributed by atoms with van der Waals surface area (Å²) in [6.07, 6.45) is 0. The van der Waals surface area contributed by atoms with Crippen molar-refractivity contribution in [1.82, 2.24) is 5.32 Å². The molecular formula is C11H17NO4. The molecule has 1 aromatic carbocycles. The molecule has 0 spiro atoms. The number of benzene rings is 1. The highest BCUT2D eigenvalue weighted by atomic mass is 16.5. The lowest BCUT2D eigenvalue weighted by molar-refractivity contribution is 0.291. The van der Waals surface area contributed by atoms with Crippen LogP contribution < -0.4 is 14.8 Å². The molecule has 0 atom stereocenters. The highest BCUT2D eigenvalue weighted by Crippen LogP contribution is 2.33. The van der Waals surface area contributed by atoms with Crippen LogP contribution in [0.2, 0.25) is 0 Å². The Kier molecular flexibility index (Phi) is 4.88. The first-order valence-electron chi connectivity index (χ1n) is 4.98. The van der Waals surface area contributed by atoms with Crippen LogP contribution in [0.5, 0.6) is 17.2 Å². The lowest BCUT2D eigenvalue weighted by atomic mass is 10.1. The Morgan fingerprint density at radius 2 is 1.81 bits per heavy atom. The number of phenols is 1. The van der Waals surface area contributed by atoms with E-state index in [0.29, 0.717) is 30.2 Å². The van der Waals surface area contributed by atoms with Crippen LogP contribution in [0.15, 0.2) is 12.1 Å². The lowest BCUT2D eigenvalue weighted by Gasteiger charge is -2.12.